The number of nitrogens with zero attached hydrogens (tertiary/aromatic N) is 2. The molecule has 0 aliphatic rings. The second-order valence-corrected chi connectivity index (χ2v) is 4.55. The highest BCUT2D eigenvalue weighted by Crippen LogP contribution is 2.28. The van der Waals surface area contributed by atoms with E-state index in [4.69, 9.17) is 0 Å². The van der Waals surface area contributed by atoms with Crippen molar-refractivity contribution in [3.8, 4) is 5.69 Å². The number of hydrogen-bond acceptors (Lipinski definition) is 3. The molecule has 0 fully saturated rings. The Kier molecular flexibility index (Phi) is 3.85. The minimum Gasteiger partial charge on any atom is -0.269 e. The molecule has 2 rings (SSSR count). The Morgan fingerprint density at radius 1 is 1.20 bits per heavy atom. The topological polar surface area (TPSA) is 34.9 Å². The summed E-state index contributed by atoms with van der Waals surface area (Å²) in [5, 5.41) is -0.114. The van der Waals surface area contributed by atoms with Crippen LogP contribution in [0.4, 0.5) is 17.6 Å². The van der Waals surface area contributed by atoms with E-state index < -0.39 is 23.2 Å². The lowest BCUT2D eigenvalue weighted by molar-refractivity contribution is -0.141. The molecule has 0 saturated heterocycles. The standard InChI is InChI=1S/C12H8F4N2OS/c1-20-11-17-9(12(14,15)16)6-10(19)18(11)8-4-2-7(13)3-5-8/h2-6H,1H3. The average Bonchev–Trinajstić information content (AvgIpc) is 2.38. The van der Waals surface area contributed by atoms with Crippen LogP contribution in [0.5, 0.6) is 0 Å². The molecule has 0 radical (unpaired) electrons. The van der Waals surface area contributed by atoms with Gasteiger partial charge in [-0.15, -0.1) is 0 Å². The summed E-state index contributed by atoms with van der Waals surface area (Å²) in [6, 6.07) is 5.24. The highest BCUT2D eigenvalue weighted by molar-refractivity contribution is 7.98. The fraction of sp³-hybridized carbons (Fsp3) is 0.167. The fourth-order valence-corrected chi connectivity index (χ4v) is 2.14. The summed E-state index contributed by atoms with van der Waals surface area (Å²) in [7, 11) is 0. The lowest BCUT2D eigenvalue weighted by Gasteiger charge is -2.13. The van der Waals surface area contributed by atoms with E-state index in [1.54, 1.807) is 0 Å². The Morgan fingerprint density at radius 3 is 2.30 bits per heavy atom. The predicted octanol–water partition coefficient (Wildman–Crippen LogP) is 3.11. The van der Waals surface area contributed by atoms with Crippen molar-refractivity contribution in [2.75, 3.05) is 6.26 Å². The molecule has 0 atom stereocenters. The Bertz CT molecular complexity index is 679. The van der Waals surface area contributed by atoms with Gasteiger partial charge in [-0.3, -0.25) is 9.36 Å². The Morgan fingerprint density at radius 2 is 1.80 bits per heavy atom. The number of halogens is 4. The molecule has 2 aromatic rings. The number of hydrogen-bond donors (Lipinski definition) is 0. The van der Waals surface area contributed by atoms with Crippen LogP contribution in [-0.4, -0.2) is 15.8 Å². The quantitative estimate of drug-likeness (QED) is 0.486. The van der Waals surface area contributed by atoms with Gasteiger partial charge in [-0.1, -0.05) is 11.8 Å². The van der Waals surface area contributed by atoms with E-state index in [0.717, 1.165) is 28.5 Å². The van der Waals surface area contributed by atoms with Gasteiger partial charge >= 0.3 is 6.18 Å². The Hall–Kier alpha value is -1.83. The van der Waals surface area contributed by atoms with E-state index in [1.165, 1.54) is 18.4 Å². The third kappa shape index (κ3) is 2.84. The molecule has 0 unspecified atom stereocenters. The van der Waals surface area contributed by atoms with Crippen molar-refractivity contribution in [2.24, 2.45) is 0 Å². The zero-order chi connectivity index (χ0) is 14.9. The first-order valence-corrected chi connectivity index (χ1v) is 6.56. The van der Waals surface area contributed by atoms with E-state index in [9.17, 15) is 22.4 Å². The Labute approximate surface area is 115 Å². The first-order chi connectivity index (χ1) is 9.32. The molecule has 0 N–H and O–H groups in total. The van der Waals surface area contributed by atoms with Crippen LogP contribution in [0.1, 0.15) is 5.69 Å². The predicted molar refractivity (Wildman–Crippen MR) is 66.6 cm³/mol. The molecule has 0 saturated carbocycles. The van der Waals surface area contributed by atoms with Crippen molar-refractivity contribution in [2.45, 2.75) is 11.3 Å². The van der Waals surface area contributed by atoms with Gasteiger partial charge in [0.25, 0.3) is 5.56 Å². The maximum Gasteiger partial charge on any atom is 0.433 e. The van der Waals surface area contributed by atoms with Crippen molar-refractivity contribution in [1.29, 1.82) is 0 Å². The highest BCUT2D eigenvalue weighted by atomic mass is 32.2. The van der Waals surface area contributed by atoms with E-state index in [2.05, 4.69) is 4.98 Å². The van der Waals surface area contributed by atoms with Crippen molar-refractivity contribution < 1.29 is 17.6 Å². The van der Waals surface area contributed by atoms with Gasteiger partial charge in [0.1, 0.15) is 5.82 Å². The van der Waals surface area contributed by atoms with Gasteiger partial charge in [0.05, 0.1) is 5.69 Å². The van der Waals surface area contributed by atoms with Gasteiger partial charge in [0.15, 0.2) is 10.9 Å². The molecule has 3 nitrogen and oxygen atoms in total. The van der Waals surface area contributed by atoms with E-state index in [1.807, 2.05) is 0 Å². The maximum absolute atomic E-state index is 12.8. The van der Waals surface area contributed by atoms with Gasteiger partial charge in [-0.2, -0.15) is 13.2 Å². The zero-order valence-electron chi connectivity index (χ0n) is 10.1. The summed E-state index contributed by atoms with van der Waals surface area (Å²) >= 11 is 0.897. The number of alkyl halides is 3. The van der Waals surface area contributed by atoms with E-state index in [-0.39, 0.29) is 10.8 Å². The fourth-order valence-electron chi connectivity index (χ4n) is 1.57. The van der Waals surface area contributed by atoms with Gasteiger partial charge < -0.3 is 0 Å². The summed E-state index contributed by atoms with van der Waals surface area (Å²) in [5.74, 6) is -0.507. The summed E-state index contributed by atoms with van der Waals surface area (Å²) in [6.45, 7) is 0. The van der Waals surface area contributed by atoms with Crippen LogP contribution in [0.25, 0.3) is 5.69 Å². The lowest BCUT2D eigenvalue weighted by atomic mass is 10.3. The van der Waals surface area contributed by atoms with Gasteiger partial charge in [0, 0.05) is 6.07 Å². The molecule has 1 heterocycles. The van der Waals surface area contributed by atoms with Crippen molar-refractivity contribution in [3.05, 3.63) is 52.2 Å². The SMILES string of the molecule is CSc1nc(C(F)(F)F)cc(=O)n1-c1ccc(F)cc1. The van der Waals surface area contributed by atoms with Crippen LogP contribution in [0.15, 0.2) is 40.3 Å². The molecule has 1 aromatic carbocycles. The number of aromatic nitrogens is 2. The zero-order valence-corrected chi connectivity index (χ0v) is 10.9. The van der Waals surface area contributed by atoms with Crippen LogP contribution in [0, 0.1) is 5.82 Å². The third-order valence-corrected chi connectivity index (χ3v) is 3.08. The van der Waals surface area contributed by atoms with Gasteiger partial charge in [-0.25, -0.2) is 9.37 Å². The normalized spacial score (nSPS) is 11.7. The molecule has 0 aliphatic heterocycles. The van der Waals surface area contributed by atoms with Crippen molar-refractivity contribution in [1.82, 2.24) is 9.55 Å². The Balaban J connectivity index is 2.65. The molecule has 0 amide bonds. The largest absolute Gasteiger partial charge is 0.433 e. The molecule has 20 heavy (non-hydrogen) atoms. The van der Waals surface area contributed by atoms with Crippen LogP contribution in [0.2, 0.25) is 0 Å². The van der Waals surface area contributed by atoms with Crippen molar-refractivity contribution >= 4 is 11.8 Å². The first kappa shape index (κ1) is 14.6. The third-order valence-electron chi connectivity index (χ3n) is 2.45. The lowest BCUT2D eigenvalue weighted by Crippen LogP contribution is -2.24. The first-order valence-electron chi connectivity index (χ1n) is 5.34. The molecule has 1 aromatic heterocycles. The minimum absolute atomic E-state index is 0.114. The molecule has 8 heteroatoms. The average molecular weight is 304 g/mol. The van der Waals surface area contributed by atoms with Gasteiger partial charge in [-0.05, 0) is 30.5 Å². The second-order valence-electron chi connectivity index (χ2n) is 3.78. The molecule has 106 valence electrons. The van der Waals surface area contributed by atoms with Gasteiger partial charge in [0.2, 0.25) is 0 Å². The monoisotopic (exact) mass is 304 g/mol. The van der Waals surface area contributed by atoms with E-state index in [0.29, 0.717) is 6.07 Å². The van der Waals surface area contributed by atoms with Crippen LogP contribution in [-0.2, 0) is 6.18 Å². The van der Waals surface area contributed by atoms with Crippen LogP contribution in [0.3, 0.4) is 0 Å². The molecule has 0 bridgehead atoms. The minimum atomic E-state index is -4.69. The molecular formula is C12H8F4N2OS. The van der Waals surface area contributed by atoms with Crippen molar-refractivity contribution in [3.63, 3.8) is 0 Å². The summed E-state index contributed by atoms with van der Waals surface area (Å²) in [5.41, 5.74) is -1.87. The molecular weight excluding hydrogens is 296 g/mol. The number of rotatable bonds is 2. The highest BCUT2D eigenvalue weighted by Gasteiger charge is 2.34. The number of thioether (sulfide) groups is 1. The van der Waals surface area contributed by atoms with Crippen LogP contribution >= 0.6 is 11.8 Å². The van der Waals surface area contributed by atoms with E-state index >= 15 is 0 Å². The summed E-state index contributed by atoms with van der Waals surface area (Å²) in [4.78, 5) is 15.3. The number of benzene rings is 1. The smallest absolute Gasteiger partial charge is 0.269 e. The second kappa shape index (κ2) is 5.28. The summed E-state index contributed by atoms with van der Waals surface area (Å²) < 4.78 is 51.7. The maximum atomic E-state index is 12.8. The molecule has 0 spiro atoms. The molecule has 0 aliphatic carbocycles. The van der Waals surface area contributed by atoms with Crippen LogP contribution < -0.4 is 5.56 Å². The summed E-state index contributed by atoms with van der Waals surface area (Å²) in [6.07, 6.45) is -3.19.